The van der Waals surface area contributed by atoms with Crippen molar-refractivity contribution in [2.75, 3.05) is 0 Å². The summed E-state index contributed by atoms with van der Waals surface area (Å²) in [4.78, 5) is 4.33. The smallest absolute Gasteiger partial charge is 0.108 e. The summed E-state index contributed by atoms with van der Waals surface area (Å²) in [6.07, 6.45) is 3.25. The number of aromatic nitrogens is 2. The number of aliphatic hydroxyl groups is 1. The molecule has 3 heteroatoms. The van der Waals surface area contributed by atoms with E-state index in [0.29, 0.717) is 0 Å². The van der Waals surface area contributed by atoms with Crippen molar-refractivity contribution in [2.45, 2.75) is 60.1 Å². The van der Waals surface area contributed by atoms with E-state index >= 15 is 0 Å². The topological polar surface area (TPSA) is 38.1 Å². The Labute approximate surface area is 127 Å². The molecule has 0 radical (unpaired) electrons. The molecule has 0 amide bonds. The number of rotatable bonds is 2. The third kappa shape index (κ3) is 2.75. The second-order valence-electron chi connectivity index (χ2n) is 6.87. The molecule has 1 unspecified atom stereocenters. The van der Waals surface area contributed by atoms with Crippen molar-refractivity contribution in [1.82, 2.24) is 9.55 Å². The molecule has 0 aliphatic heterocycles. The van der Waals surface area contributed by atoms with Crippen LogP contribution < -0.4 is 0 Å². The van der Waals surface area contributed by atoms with Crippen LogP contribution in [0, 0.1) is 27.7 Å². The number of hydrogen-bond acceptors (Lipinski definition) is 2. The van der Waals surface area contributed by atoms with E-state index in [1.807, 2.05) is 19.9 Å². The molecule has 0 saturated heterocycles. The van der Waals surface area contributed by atoms with E-state index in [2.05, 4.69) is 50.4 Å². The summed E-state index contributed by atoms with van der Waals surface area (Å²) in [5.74, 6) is 0. The highest BCUT2D eigenvalue weighted by atomic mass is 16.3. The fraction of sp³-hybridized carbons (Fsp3) is 0.500. The zero-order valence-electron chi connectivity index (χ0n) is 14.2. The van der Waals surface area contributed by atoms with Gasteiger partial charge in [0.15, 0.2) is 0 Å². The number of aliphatic hydroxyl groups excluding tert-OH is 1. The van der Waals surface area contributed by atoms with Crippen LogP contribution in [-0.2, 0) is 5.54 Å². The van der Waals surface area contributed by atoms with E-state index in [-0.39, 0.29) is 5.54 Å². The first kappa shape index (κ1) is 15.8. The Morgan fingerprint density at radius 2 is 1.76 bits per heavy atom. The highest BCUT2D eigenvalue weighted by molar-refractivity contribution is 5.42. The molecule has 2 heterocycles. The molecule has 0 fully saturated rings. The average Bonchev–Trinajstić information content (AvgIpc) is 2.65. The van der Waals surface area contributed by atoms with Gasteiger partial charge in [0.1, 0.15) is 6.10 Å². The molecular formula is C18H26N2O. The molecule has 21 heavy (non-hydrogen) atoms. The molecule has 0 spiro atoms. The van der Waals surface area contributed by atoms with Gasteiger partial charge in [0.05, 0.1) is 0 Å². The molecule has 3 nitrogen and oxygen atoms in total. The van der Waals surface area contributed by atoms with Gasteiger partial charge in [-0.3, -0.25) is 4.98 Å². The lowest BCUT2D eigenvalue weighted by Gasteiger charge is -2.23. The Morgan fingerprint density at radius 3 is 2.24 bits per heavy atom. The normalized spacial score (nSPS) is 13.5. The number of pyridine rings is 1. The molecule has 0 aliphatic rings. The van der Waals surface area contributed by atoms with Gasteiger partial charge in [0.2, 0.25) is 0 Å². The van der Waals surface area contributed by atoms with Crippen LogP contribution in [0.1, 0.15) is 60.5 Å². The van der Waals surface area contributed by atoms with Gasteiger partial charge < -0.3 is 9.67 Å². The van der Waals surface area contributed by atoms with E-state index in [1.165, 1.54) is 5.69 Å². The second-order valence-corrected chi connectivity index (χ2v) is 6.87. The Hall–Kier alpha value is -1.61. The Bertz CT molecular complexity index is 642. The molecule has 0 bridgehead atoms. The standard InChI is InChI=1S/C18H26N2O/c1-11-8-9-19-13(3)16(11)17(21)15-10-20(18(5,6)7)14(4)12(15)2/h8-10,17,21H,1-7H3. The molecule has 2 aromatic heterocycles. The van der Waals surface area contributed by atoms with Crippen molar-refractivity contribution in [3.63, 3.8) is 0 Å². The van der Waals surface area contributed by atoms with Crippen LogP contribution in [0.4, 0.5) is 0 Å². The van der Waals surface area contributed by atoms with Gasteiger partial charge in [0, 0.05) is 40.4 Å². The van der Waals surface area contributed by atoms with Crippen LogP contribution in [0.25, 0.3) is 0 Å². The van der Waals surface area contributed by atoms with Crippen LogP contribution in [0.2, 0.25) is 0 Å². The minimum absolute atomic E-state index is 0.00579. The van der Waals surface area contributed by atoms with E-state index in [0.717, 1.165) is 27.9 Å². The van der Waals surface area contributed by atoms with E-state index in [4.69, 9.17) is 0 Å². The fourth-order valence-corrected chi connectivity index (χ4v) is 2.97. The first-order valence-electron chi connectivity index (χ1n) is 7.43. The van der Waals surface area contributed by atoms with Crippen LogP contribution >= 0.6 is 0 Å². The van der Waals surface area contributed by atoms with Crippen LogP contribution in [0.3, 0.4) is 0 Å². The van der Waals surface area contributed by atoms with Gasteiger partial charge in [0.25, 0.3) is 0 Å². The van der Waals surface area contributed by atoms with Crippen molar-refractivity contribution in [2.24, 2.45) is 0 Å². The minimum Gasteiger partial charge on any atom is -0.384 e. The number of aryl methyl sites for hydroxylation is 2. The summed E-state index contributed by atoms with van der Waals surface area (Å²) in [5, 5.41) is 10.9. The fourth-order valence-electron chi connectivity index (χ4n) is 2.97. The van der Waals surface area contributed by atoms with E-state index in [9.17, 15) is 5.11 Å². The third-order valence-electron chi connectivity index (χ3n) is 4.30. The van der Waals surface area contributed by atoms with Gasteiger partial charge in [-0.15, -0.1) is 0 Å². The maximum absolute atomic E-state index is 10.9. The number of nitrogens with zero attached hydrogens (tertiary/aromatic N) is 2. The van der Waals surface area contributed by atoms with Crippen LogP contribution in [0.15, 0.2) is 18.5 Å². The van der Waals surface area contributed by atoms with Crippen molar-refractivity contribution < 1.29 is 5.11 Å². The van der Waals surface area contributed by atoms with Crippen molar-refractivity contribution in [1.29, 1.82) is 0 Å². The summed E-state index contributed by atoms with van der Waals surface area (Å²) < 4.78 is 2.24. The van der Waals surface area contributed by atoms with Crippen molar-refractivity contribution >= 4 is 0 Å². The third-order valence-corrected chi connectivity index (χ3v) is 4.30. The number of hydrogen-bond donors (Lipinski definition) is 1. The lowest BCUT2D eigenvalue weighted by atomic mass is 9.96. The largest absolute Gasteiger partial charge is 0.384 e. The Morgan fingerprint density at radius 1 is 1.14 bits per heavy atom. The molecule has 0 aromatic carbocycles. The molecule has 0 saturated carbocycles. The van der Waals surface area contributed by atoms with Crippen LogP contribution in [0.5, 0.6) is 0 Å². The first-order valence-corrected chi connectivity index (χ1v) is 7.43. The molecule has 1 atom stereocenters. The van der Waals surface area contributed by atoms with Gasteiger partial charge in [-0.2, -0.15) is 0 Å². The molecule has 1 N–H and O–H groups in total. The molecule has 114 valence electrons. The van der Waals surface area contributed by atoms with Gasteiger partial charge >= 0.3 is 0 Å². The quantitative estimate of drug-likeness (QED) is 0.907. The Kier molecular flexibility index (Phi) is 3.98. The van der Waals surface area contributed by atoms with Crippen molar-refractivity contribution in [3.8, 4) is 0 Å². The summed E-state index contributed by atoms with van der Waals surface area (Å²) in [5.41, 5.74) is 6.23. The minimum atomic E-state index is -0.624. The predicted octanol–water partition coefficient (Wildman–Crippen LogP) is 3.95. The van der Waals surface area contributed by atoms with Crippen molar-refractivity contribution in [3.05, 3.63) is 52.1 Å². The SMILES string of the molecule is Cc1ccnc(C)c1C(O)c1cn(C(C)(C)C)c(C)c1C. The van der Waals surface area contributed by atoms with Crippen LogP contribution in [-0.4, -0.2) is 14.7 Å². The lowest BCUT2D eigenvalue weighted by Crippen LogP contribution is -2.22. The monoisotopic (exact) mass is 286 g/mol. The van der Waals surface area contributed by atoms with E-state index in [1.54, 1.807) is 6.20 Å². The zero-order chi connectivity index (χ0) is 15.9. The summed E-state index contributed by atoms with van der Waals surface area (Å²) in [6, 6.07) is 1.95. The molecule has 2 rings (SSSR count). The Balaban J connectivity index is 2.57. The molecule has 0 aliphatic carbocycles. The summed E-state index contributed by atoms with van der Waals surface area (Å²) >= 11 is 0. The second kappa shape index (κ2) is 5.30. The zero-order valence-corrected chi connectivity index (χ0v) is 14.2. The predicted molar refractivity (Wildman–Crippen MR) is 86.7 cm³/mol. The van der Waals surface area contributed by atoms with Gasteiger partial charge in [-0.25, -0.2) is 0 Å². The molecular weight excluding hydrogens is 260 g/mol. The maximum atomic E-state index is 10.9. The van der Waals surface area contributed by atoms with E-state index < -0.39 is 6.10 Å². The highest BCUT2D eigenvalue weighted by Gasteiger charge is 2.24. The molecule has 2 aromatic rings. The highest BCUT2D eigenvalue weighted by Crippen LogP contribution is 2.33. The lowest BCUT2D eigenvalue weighted by molar-refractivity contribution is 0.217. The summed E-state index contributed by atoms with van der Waals surface area (Å²) in [6.45, 7) is 14.7. The first-order chi connectivity index (χ1) is 9.64. The average molecular weight is 286 g/mol. The van der Waals surface area contributed by atoms with Gasteiger partial charge in [-0.05, 0) is 65.7 Å². The summed E-state index contributed by atoms with van der Waals surface area (Å²) in [7, 11) is 0. The maximum Gasteiger partial charge on any atom is 0.108 e. The van der Waals surface area contributed by atoms with Gasteiger partial charge in [-0.1, -0.05) is 0 Å².